The first kappa shape index (κ1) is 13.4. The van der Waals surface area contributed by atoms with Crippen LogP contribution in [0.4, 0.5) is 8.78 Å². The van der Waals surface area contributed by atoms with Crippen molar-refractivity contribution in [1.29, 1.82) is 0 Å². The lowest BCUT2D eigenvalue weighted by molar-refractivity contribution is 0.209. The van der Waals surface area contributed by atoms with Gasteiger partial charge in [0.05, 0.1) is 15.1 Å². The van der Waals surface area contributed by atoms with Gasteiger partial charge in [-0.05, 0) is 34.1 Å². The van der Waals surface area contributed by atoms with Crippen LogP contribution in [-0.4, -0.2) is 10.1 Å². The number of benzene rings is 1. The lowest BCUT2D eigenvalue weighted by atomic mass is 10.0. The van der Waals surface area contributed by atoms with Gasteiger partial charge in [0.25, 0.3) is 0 Å². The fourth-order valence-corrected chi connectivity index (χ4v) is 2.13. The molecule has 2 nitrogen and oxygen atoms in total. The normalized spacial score (nSPS) is 12.5. The van der Waals surface area contributed by atoms with Crippen LogP contribution in [-0.2, 0) is 0 Å². The van der Waals surface area contributed by atoms with Crippen molar-refractivity contribution in [2.24, 2.45) is 0 Å². The van der Waals surface area contributed by atoms with Gasteiger partial charge < -0.3 is 5.11 Å². The van der Waals surface area contributed by atoms with E-state index >= 15 is 0 Å². The molecule has 0 spiro atoms. The zero-order valence-electron chi connectivity index (χ0n) is 8.87. The zero-order chi connectivity index (χ0) is 13.3. The number of aliphatic hydroxyl groups is 1. The van der Waals surface area contributed by atoms with E-state index in [9.17, 15) is 13.9 Å². The molecule has 1 heterocycles. The van der Waals surface area contributed by atoms with Gasteiger partial charge in [-0.1, -0.05) is 11.6 Å². The molecule has 1 N–H and O–H groups in total. The molecule has 0 aliphatic carbocycles. The summed E-state index contributed by atoms with van der Waals surface area (Å²) >= 11 is 8.78. The van der Waals surface area contributed by atoms with Gasteiger partial charge in [-0.25, -0.2) is 8.78 Å². The third-order valence-electron chi connectivity index (χ3n) is 2.45. The second-order valence-corrected chi connectivity index (χ2v) is 4.82. The molecule has 0 radical (unpaired) electrons. The topological polar surface area (TPSA) is 33.1 Å². The van der Waals surface area contributed by atoms with Crippen molar-refractivity contribution in [3.05, 3.63) is 62.8 Å². The molecule has 0 bridgehead atoms. The maximum atomic E-state index is 13.8. The summed E-state index contributed by atoms with van der Waals surface area (Å²) in [5.41, 5.74) is -0.250. The van der Waals surface area contributed by atoms with E-state index in [0.717, 1.165) is 6.07 Å². The van der Waals surface area contributed by atoms with Crippen LogP contribution in [0.15, 0.2) is 35.1 Å². The summed E-state index contributed by atoms with van der Waals surface area (Å²) in [6.07, 6.45) is 1.20. The van der Waals surface area contributed by atoms with Gasteiger partial charge in [0.2, 0.25) is 0 Å². The van der Waals surface area contributed by atoms with Crippen LogP contribution >= 0.6 is 27.5 Å². The second kappa shape index (κ2) is 5.30. The molecule has 0 saturated carbocycles. The Morgan fingerprint density at radius 1 is 1.28 bits per heavy atom. The van der Waals surface area contributed by atoms with E-state index in [4.69, 9.17) is 11.6 Å². The molecular formula is C12H7BrClF2NO. The number of aliphatic hydroxyl groups excluding tert-OH is 1. The average molecular weight is 335 g/mol. The maximum absolute atomic E-state index is 13.8. The first-order chi connectivity index (χ1) is 8.52. The number of halogens is 4. The molecule has 2 aromatic rings. The Labute approximate surface area is 115 Å². The predicted octanol–water partition coefficient (Wildman–Crippen LogP) is 3.86. The van der Waals surface area contributed by atoms with Crippen LogP contribution in [0.1, 0.15) is 17.2 Å². The highest BCUT2D eigenvalue weighted by atomic mass is 79.9. The van der Waals surface area contributed by atoms with Crippen molar-refractivity contribution < 1.29 is 13.9 Å². The van der Waals surface area contributed by atoms with Crippen molar-refractivity contribution >= 4 is 27.5 Å². The zero-order valence-corrected chi connectivity index (χ0v) is 11.2. The third kappa shape index (κ3) is 2.39. The minimum absolute atomic E-state index is 0.0723. The predicted molar refractivity (Wildman–Crippen MR) is 67.4 cm³/mol. The van der Waals surface area contributed by atoms with E-state index < -0.39 is 23.3 Å². The van der Waals surface area contributed by atoms with Crippen molar-refractivity contribution in [2.45, 2.75) is 6.10 Å². The van der Waals surface area contributed by atoms with E-state index in [2.05, 4.69) is 20.9 Å². The highest BCUT2D eigenvalue weighted by Crippen LogP contribution is 2.33. The van der Waals surface area contributed by atoms with Gasteiger partial charge in [-0.15, -0.1) is 0 Å². The summed E-state index contributed by atoms with van der Waals surface area (Å²) in [5, 5.41) is 10.2. The molecule has 1 unspecified atom stereocenters. The molecule has 94 valence electrons. The second-order valence-electron chi connectivity index (χ2n) is 3.56. The summed E-state index contributed by atoms with van der Waals surface area (Å²) in [5.74, 6) is -1.69. The number of nitrogens with zero attached hydrogens (tertiary/aromatic N) is 1. The molecule has 2 rings (SSSR count). The monoisotopic (exact) mass is 333 g/mol. The molecule has 0 saturated heterocycles. The molecule has 0 amide bonds. The fraction of sp³-hybridized carbons (Fsp3) is 0.0833. The number of hydrogen-bond acceptors (Lipinski definition) is 2. The van der Waals surface area contributed by atoms with Gasteiger partial charge in [-0.2, -0.15) is 0 Å². The van der Waals surface area contributed by atoms with E-state index in [1.54, 1.807) is 0 Å². The summed E-state index contributed by atoms with van der Waals surface area (Å²) in [6.45, 7) is 0. The van der Waals surface area contributed by atoms with Crippen LogP contribution in [0.5, 0.6) is 0 Å². The molecule has 6 heteroatoms. The average Bonchev–Trinajstić information content (AvgIpc) is 2.35. The number of aromatic nitrogens is 1. The van der Waals surface area contributed by atoms with Crippen LogP contribution in [0.2, 0.25) is 5.02 Å². The molecule has 0 aliphatic rings. The number of rotatable bonds is 2. The van der Waals surface area contributed by atoms with Crippen LogP contribution in [0.25, 0.3) is 0 Å². The van der Waals surface area contributed by atoms with Gasteiger partial charge in [-0.3, -0.25) is 4.98 Å². The Morgan fingerprint density at radius 3 is 2.67 bits per heavy atom. The first-order valence-corrected chi connectivity index (χ1v) is 6.10. The Hall–Kier alpha value is -1.04. The lowest BCUT2D eigenvalue weighted by Gasteiger charge is -2.15. The maximum Gasteiger partial charge on any atom is 0.146 e. The van der Waals surface area contributed by atoms with E-state index in [0.29, 0.717) is 0 Å². The summed E-state index contributed by atoms with van der Waals surface area (Å²) < 4.78 is 27.5. The molecule has 18 heavy (non-hydrogen) atoms. The largest absolute Gasteiger partial charge is 0.383 e. The molecule has 1 atom stereocenters. The molecule has 0 fully saturated rings. The SMILES string of the molecule is OC(c1ccncc1Cl)c1c(F)ccc(Br)c1F. The van der Waals surface area contributed by atoms with Crippen molar-refractivity contribution in [1.82, 2.24) is 4.98 Å². The molecule has 0 aliphatic heterocycles. The molecule has 1 aromatic carbocycles. The first-order valence-electron chi connectivity index (χ1n) is 4.93. The highest BCUT2D eigenvalue weighted by Gasteiger charge is 2.23. The van der Waals surface area contributed by atoms with Crippen molar-refractivity contribution in [3.63, 3.8) is 0 Å². The standard InChI is InChI=1S/C12H7BrClF2NO/c13-7-1-2-9(15)10(11(7)16)12(18)6-3-4-17-5-8(6)14/h1-5,12,18H. The number of pyridine rings is 1. The van der Waals surface area contributed by atoms with E-state index in [1.807, 2.05) is 0 Å². The van der Waals surface area contributed by atoms with E-state index in [-0.39, 0.29) is 15.1 Å². The smallest absolute Gasteiger partial charge is 0.146 e. The van der Waals surface area contributed by atoms with Gasteiger partial charge >= 0.3 is 0 Å². The summed E-state index contributed by atoms with van der Waals surface area (Å²) in [6, 6.07) is 3.71. The molecular weight excluding hydrogens is 327 g/mol. The lowest BCUT2D eigenvalue weighted by Crippen LogP contribution is -2.07. The van der Waals surface area contributed by atoms with Gasteiger partial charge in [0.1, 0.15) is 17.7 Å². The van der Waals surface area contributed by atoms with Gasteiger partial charge in [0.15, 0.2) is 0 Å². The Kier molecular flexibility index (Phi) is 3.94. The Morgan fingerprint density at radius 2 is 2.00 bits per heavy atom. The summed E-state index contributed by atoms with van der Waals surface area (Å²) in [7, 11) is 0. The van der Waals surface area contributed by atoms with E-state index in [1.165, 1.54) is 24.5 Å². The minimum Gasteiger partial charge on any atom is -0.383 e. The third-order valence-corrected chi connectivity index (χ3v) is 3.38. The Bertz CT molecular complexity index is 594. The van der Waals surface area contributed by atoms with Gasteiger partial charge in [0, 0.05) is 18.0 Å². The quantitative estimate of drug-likeness (QED) is 0.846. The van der Waals surface area contributed by atoms with Crippen LogP contribution < -0.4 is 0 Å². The minimum atomic E-state index is -1.49. The van der Waals surface area contributed by atoms with Crippen LogP contribution in [0, 0.1) is 11.6 Å². The molecule has 1 aromatic heterocycles. The number of hydrogen-bond donors (Lipinski definition) is 1. The van der Waals surface area contributed by atoms with Crippen molar-refractivity contribution in [2.75, 3.05) is 0 Å². The van der Waals surface area contributed by atoms with Crippen molar-refractivity contribution in [3.8, 4) is 0 Å². The van der Waals surface area contributed by atoms with Crippen LogP contribution in [0.3, 0.4) is 0 Å². The fourth-order valence-electron chi connectivity index (χ4n) is 1.56. The summed E-state index contributed by atoms with van der Waals surface area (Å²) in [4.78, 5) is 3.74. The Balaban J connectivity index is 2.56. The highest BCUT2D eigenvalue weighted by molar-refractivity contribution is 9.10.